The van der Waals surface area contributed by atoms with E-state index in [1.165, 1.54) is 23.1 Å². The Morgan fingerprint density at radius 3 is 2.79 bits per heavy atom. The average Bonchev–Trinajstić information content (AvgIpc) is 3.18. The molecule has 28 heavy (non-hydrogen) atoms. The van der Waals surface area contributed by atoms with E-state index in [1.807, 2.05) is 13.0 Å². The van der Waals surface area contributed by atoms with Gasteiger partial charge in [0.15, 0.2) is 0 Å². The number of likely N-dealkylation sites (tertiary alicyclic amines) is 1. The smallest absolute Gasteiger partial charge is 0.326 e. The number of aliphatic carboxylic acids is 1. The van der Waals surface area contributed by atoms with E-state index < -0.39 is 22.8 Å². The third-order valence-corrected chi connectivity index (χ3v) is 4.74. The van der Waals surface area contributed by atoms with Crippen molar-refractivity contribution in [3.8, 4) is 0 Å². The number of amides is 1. The number of pyridine rings is 1. The van der Waals surface area contributed by atoms with E-state index in [0.717, 1.165) is 5.69 Å². The van der Waals surface area contributed by atoms with Crippen molar-refractivity contribution < 1.29 is 19.6 Å². The second-order valence-electron chi connectivity index (χ2n) is 6.60. The van der Waals surface area contributed by atoms with Gasteiger partial charge >= 0.3 is 5.97 Å². The maximum absolute atomic E-state index is 12.7. The first-order chi connectivity index (χ1) is 13.4. The number of nitro benzene ring substituents is 1. The number of nitro groups is 1. The fourth-order valence-corrected chi connectivity index (χ4v) is 3.31. The van der Waals surface area contributed by atoms with Crippen molar-refractivity contribution in [2.75, 3.05) is 11.9 Å². The van der Waals surface area contributed by atoms with Gasteiger partial charge < -0.3 is 15.3 Å². The van der Waals surface area contributed by atoms with Crippen LogP contribution in [-0.4, -0.2) is 44.4 Å². The molecule has 9 heteroatoms. The Kier molecular flexibility index (Phi) is 5.53. The number of nitrogens with one attached hydrogen (secondary N) is 1. The van der Waals surface area contributed by atoms with Gasteiger partial charge in [-0.3, -0.25) is 19.9 Å². The van der Waals surface area contributed by atoms with E-state index in [9.17, 15) is 24.8 Å². The van der Waals surface area contributed by atoms with E-state index in [0.29, 0.717) is 19.4 Å². The van der Waals surface area contributed by atoms with Crippen LogP contribution in [0, 0.1) is 10.1 Å². The van der Waals surface area contributed by atoms with Crippen LogP contribution < -0.4 is 5.32 Å². The minimum atomic E-state index is -1.07. The number of hydrogen-bond donors (Lipinski definition) is 2. The summed E-state index contributed by atoms with van der Waals surface area (Å²) in [7, 11) is 0. The largest absolute Gasteiger partial charge is 0.480 e. The molecule has 1 aliphatic heterocycles. The van der Waals surface area contributed by atoms with E-state index in [-0.39, 0.29) is 23.0 Å². The number of nitrogens with zero attached hydrogens (tertiary/aromatic N) is 3. The predicted octanol–water partition coefficient (Wildman–Crippen LogP) is 2.85. The van der Waals surface area contributed by atoms with Crippen molar-refractivity contribution in [3.63, 3.8) is 0 Å². The van der Waals surface area contributed by atoms with Gasteiger partial charge in [-0.05, 0) is 44.0 Å². The molecule has 1 amide bonds. The zero-order chi connectivity index (χ0) is 20.3. The second kappa shape index (κ2) is 8.03. The van der Waals surface area contributed by atoms with Gasteiger partial charge in [-0.1, -0.05) is 6.07 Å². The monoisotopic (exact) mass is 384 g/mol. The number of carbonyl (C=O) groups excluding carboxylic acids is 1. The Balaban J connectivity index is 1.86. The molecule has 1 aromatic carbocycles. The minimum absolute atomic E-state index is 0.0934. The molecule has 0 spiro atoms. The molecule has 9 nitrogen and oxygen atoms in total. The number of benzene rings is 1. The summed E-state index contributed by atoms with van der Waals surface area (Å²) in [6.45, 7) is 2.15. The molecule has 2 atom stereocenters. The highest BCUT2D eigenvalue weighted by atomic mass is 16.6. The van der Waals surface area contributed by atoms with Crippen LogP contribution in [0.3, 0.4) is 0 Å². The fraction of sp³-hybridized carbons (Fsp3) is 0.316. The molecule has 0 aliphatic carbocycles. The van der Waals surface area contributed by atoms with Gasteiger partial charge in [0.1, 0.15) is 11.7 Å². The quantitative estimate of drug-likeness (QED) is 0.579. The summed E-state index contributed by atoms with van der Waals surface area (Å²) in [6, 6.07) is 8.36. The highest BCUT2D eigenvalue weighted by molar-refractivity contribution is 5.98. The second-order valence-corrected chi connectivity index (χ2v) is 6.60. The first kappa shape index (κ1) is 19.3. The molecule has 1 aliphatic rings. The highest BCUT2D eigenvalue weighted by Gasteiger charge is 2.35. The highest BCUT2D eigenvalue weighted by Crippen LogP contribution is 2.30. The van der Waals surface area contributed by atoms with Crippen LogP contribution in [0.4, 0.5) is 11.4 Å². The van der Waals surface area contributed by atoms with Crippen molar-refractivity contribution in [2.24, 2.45) is 0 Å². The summed E-state index contributed by atoms with van der Waals surface area (Å²) in [5.74, 6) is -1.58. The maximum atomic E-state index is 12.7. The number of anilines is 1. The summed E-state index contributed by atoms with van der Waals surface area (Å²) < 4.78 is 0. The van der Waals surface area contributed by atoms with Gasteiger partial charge in [0.2, 0.25) is 0 Å². The Bertz CT molecular complexity index is 902. The van der Waals surface area contributed by atoms with Crippen LogP contribution in [0.25, 0.3) is 0 Å². The zero-order valence-electron chi connectivity index (χ0n) is 15.2. The summed E-state index contributed by atoms with van der Waals surface area (Å²) in [4.78, 5) is 40.5. The molecule has 146 valence electrons. The van der Waals surface area contributed by atoms with Crippen LogP contribution in [0.2, 0.25) is 0 Å². The number of carboxylic acids is 1. The lowest BCUT2D eigenvalue weighted by Crippen LogP contribution is -2.40. The Hall–Kier alpha value is -3.49. The maximum Gasteiger partial charge on any atom is 0.326 e. The minimum Gasteiger partial charge on any atom is -0.480 e. The normalized spacial score (nSPS) is 17.2. The number of carboxylic acid groups (broad SMARTS) is 1. The van der Waals surface area contributed by atoms with Crippen molar-refractivity contribution in [1.29, 1.82) is 0 Å². The molecule has 0 saturated carbocycles. The molecule has 0 bridgehead atoms. The van der Waals surface area contributed by atoms with Crippen LogP contribution in [0.5, 0.6) is 0 Å². The number of carbonyl (C=O) groups is 2. The topological polar surface area (TPSA) is 126 Å². The van der Waals surface area contributed by atoms with E-state index in [4.69, 9.17) is 0 Å². The van der Waals surface area contributed by atoms with Gasteiger partial charge in [-0.15, -0.1) is 0 Å². The number of rotatable bonds is 6. The Labute approximate surface area is 161 Å². The first-order valence-corrected chi connectivity index (χ1v) is 8.88. The van der Waals surface area contributed by atoms with Gasteiger partial charge in [-0.2, -0.15) is 0 Å². The Morgan fingerprint density at radius 1 is 1.36 bits per heavy atom. The fourth-order valence-electron chi connectivity index (χ4n) is 3.31. The van der Waals surface area contributed by atoms with Crippen LogP contribution >= 0.6 is 0 Å². The molecular formula is C19H20N4O5. The lowest BCUT2D eigenvalue weighted by molar-refractivity contribution is -0.384. The molecule has 3 rings (SSSR count). The molecular weight excluding hydrogens is 364 g/mol. The van der Waals surface area contributed by atoms with Gasteiger partial charge in [0.05, 0.1) is 16.7 Å². The van der Waals surface area contributed by atoms with Crippen molar-refractivity contribution >= 4 is 23.3 Å². The van der Waals surface area contributed by atoms with E-state index in [1.54, 1.807) is 18.3 Å². The van der Waals surface area contributed by atoms with Gasteiger partial charge in [-0.25, -0.2) is 4.79 Å². The lowest BCUT2D eigenvalue weighted by atomic mass is 10.1. The molecule has 0 radical (unpaired) electrons. The third-order valence-electron chi connectivity index (χ3n) is 4.74. The predicted molar refractivity (Wildman–Crippen MR) is 101 cm³/mol. The van der Waals surface area contributed by atoms with Crippen molar-refractivity contribution in [2.45, 2.75) is 31.8 Å². The Morgan fingerprint density at radius 2 is 2.14 bits per heavy atom. The van der Waals surface area contributed by atoms with Crippen molar-refractivity contribution in [1.82, 2.24) is 9.88 Å². The molecule has 2 N–H and O–H groups in total. The first-order valence-electron chi connectivity index (χ1n) is 8.88. The van der Waals surface area contributed by atoms with Crippen LogP contribution in [-0.2, 0) is 4.79 Å². The van der Waals surface area contributed by atoms with E-state index in [2.05, 4.69) is 10.3 Å². The molecule has 1 fully saturated rings. The van der Waals surface area contributed by atoms with E-state index >= 15 is 0 Å². The molecule has 1 unspecified atom stereocenters. The van der Waals surface area contributed by atoms with Gasteiger partial charge in [0, 0.05) is 24.4 Å². The number of aromatic nitrogens is 1. The summed E-state index contributed by atoms with van der Waals surface area (Å²) in [6.07, 6.45) is 2.61. The summed E-state index contributed by atoms with van der Waals surface area (Å²) >= 11 is 0. The number of hydrogen-bond acceptors (Lipinski definition) is 6. The third kappa shape index (κ3) is 3.93. The zero-order valence-corrected chi connectivity index (χ0v) is 15.2. The van der Waals surface area contributed by atoms with Gasteiger partial charge in [0.25, 0.3) is 11.6 Å². The molecule has 2 heterocycles. The SMILES string of the molecule is CC(Nc1ccc(C(=O)N2CCC[C@H]2C(=O)O)cc1[N+](=O)[O-])c1ccccn1. The lowest BCUT2D eigenvalue weighted by Gasteiger charge is -2.21. The molecule has 2 aromatic rings. The summed E-state index contributed by atoms with van der Waals surface area (Å²) in [5.41, 5.74) is 0.824. The van der Waals surface area contributed by atoms with Crippen molar-refractivity contribution in [3.05, 3.63) is 64.0 Å². The standard InChI is InChI=1S/C19H20N4O5/c1-12(14-5-2-3-9-20-14)21-15-8-7-13(11-17(15)23(27)28)18(24)22-10-4-6-16(22)19(25)26/h2-3,5,7-9,11-12,16,21H,4,6,10H2,1H3,(H,25,26)/t12?,16-/m0/s1. The molecule has 1 saturated heterocycles. The van der Waals surface area contributed by atoms with Crippen LogP contribution in [0.1, 0.15) is 41.9 Å². The molecule has 1 aromatic heterocycles. The summed E-state index contributed by atoms with van der Waals surface area (Å²) in [5, 5.41) is 23.8. The average molecular weight is 384 g/mol. The van der Waals surface area contributed by atoms with Crippen LogP contribution in [0.15, 0.2) is 42.6 Å².